The lowest BCUT2D eigenvalue weighted by Gasteiger charge is -2.40. The van der Waals surface area contributed by atoms with Crippen molar-refractivity contribution in [3.63, 3.8) is 0 Å². The fourth-order valence-corrected chi connectivity index (χ4v) is 5.48. The maximum Gasteiger partial charge on any atom is 0.408 e. The molecule has 0 atom stereocenters. The highest BCUT2D eigenvalue weighted by Gasteiger charge is 2.46. The first-order valence-corrected chi connectivity index (χ1v) is 11.8. The standard InChI is InChI=1S/C25H23N3O5S/c1-14-20(22(29)30)21(34-28-14)26-23(31)25(11-6-12-25)27-24(32)33-13-19-17-9-4-2-7-15(17)16-8-3-5-10-18(16)19/h2-5,7-10,19H,6,11-13H2,1H3,(H,26,31)(H,27,32)(H,29,30). The monoisotopic (exact) mass is 477 g/mol. The number of carbonyl (C=O) groups excluding carboxylic acids is 2. The molecule has 2 aromatic carbocycles. The average Bonchev–Trinajstić information content (AvgIpc) is 3.32. The van der Waals surface area contributed by atoms with Crippen molar-refractivity contribution in [2.24, 2.45) is 0 Å². The van der Waals surface area contributed by atoms with Crippen molar-refractivity contribution in [1.29, 1.82) is 0 Å². The van der Waals surface area contributed by atoms with E-state index >= 15 is 0 Å². The molecule has 9 heteroatoms. The number of aromatic nitrogens is 1. The molecule has 1 heterocycles. The minimum Gasteiger partial charge on any atom is -0.478 e. The van der Waals surface area contributed by atoms with Crippen molar-refractivity contribution in [2.75, 3.05) is 11.9 Å². The summed E-state index contributed by atoms with van der Waals surface area (Å²) in [5, 5.41) is 15.0. The van der Waals surface area contributed by atoms with E-state index in [1.165, 1.54) is 0 Å². The zero-order chi connectivity index (χ0) is 23.9. The molecule has 3 N–H and O–H groups in total. The zero-order valence-corrected chi connectivity index (χ0v) is 19.3. The Balaban J connectivity index is 1.27. The molecule has 2 aliphatic carbocycles. The van der Waals surface area contributed by atoms with Gasteiger partial charge in [0.25, 0.3) is 5.91 Å². The molecule has 2 amide bonds. The van der Waals surface area contributed by atoms with Crippen LogP contribution in [0.5, 0.6) is 0 Å². The Hall–Kier alpha value is -3.72. The second-order valence-corrected chi connectivity index (χ2v) is 9.39. The van der Waals surface area contributed by atoms with Gasteiger partial charge in [0, 0.05) is 5.92 Å². The number of carboxylic acid groups (broad SMARTS) is 1. The van der Waals surface area contributed by atoms with E-state index in [2.05, 4.69) is 27.1 Å². The molecular weight excluding hydrogens is 454 g/mol. The number of rotatable bonds is 6. The van der Waals surface area contributed by atoms with Gasteiger partial charge in [0.15, 0.2) is 0 Å². The molecule has 174 valence electrons. The number of nitrogens with zero attached hydrogens (tertiary/aromatic N) is 1. The molecule has 1 fully saturated rings. The molecule has 0 aliphatic heterocycles. The van der Waals surface area contributed by atoms with Gasteiger partial charge in [-0.25, -0.2) is 9.59 Å². The van der Waals surface area contributed by atoms with Gasteiger partial charge in [-0.15, -0.1) is 0 Å². The van der Waals surface area contributed by atoms with Crippen LogP contribution in [0.1, 0.15) is 52.4 Å². The van der Waals surface area contributed by atoms with Crippen LogP contribution in [0.3, 0.4) is 0 Å². The van der Waals surface area contributed by atoms with E-state index in [-0.39, 0.29) is 23.1 Å². The number of nitrogens with one attached hydrogen (secondary N) is 2. The van der Waals surface area contributed by atoms with Gasteiger partial charge in [-0.05, 0) is 60.0 Å². The summed E-state index contributed by atoms with van der Waals surface area (Å²) in [6, 6.07) is 16.1. The van der Waals surface area contributed by atoms with Crippen LogP contribution in [0.4, 0.5) is 9.80 Å². The second-order valence-electron chi connectivity index (χ2n) is 8.62. The third-order valence-electron chi connectivity index (χ3n) is 6.63. The molecule has 1 aromatic heterocycles. The van der Waals surface area contributed by atoms with E-state index in [4.69, 9.17) is 4.74 Å². The van der Waals surface area contributed by atoms with Gasteiger partial charge in [0.1, 0.15) is 22.7 Å². The molecule has 1 saturated carbocycles. The van der Waals surface area contributed by atoms with Gasteiger partial charge in [-0.1, -0.05) is 48.5 Å². The van der Waals surface area contributed by atoms with Crippen molar-refractivity contribution < 1.29 is 24.2 Å². The number of carboxylic acids is 1. The first-order chi connectivity index (χ1) is 16.4. The largest absolute Gasteiger partial charge is 0.478 e. The van der Waals surface area contributed by atoms with Crippen molar-refractivity contribution in [3.8, 4) is 11.1 Å². The quantitative estimate of drug-likeness (QED) is 0.479. The summed E-state index contributed by atoms with van der Waals surface area (Å²) in [7, 11) is 0. The first-order valence-electron chi connectivity index (χ1n) is 11.0. The van der Waals surface area contributed by atoms with Gasteiger partial charge >= 0.3 is 12.1 Å². The smallest absolute Gasteiger partial charge is 0.408 e. The molecule has 34 heavy (non-hydrogen) atoms. The number of aromatic carboxylic acids is 1. The number of ether oxygens (including phenoxy) is 1. The average molecular weight is 478 g/mol. The molecule has 0 unspecified atom stereocenters. The Morgan fingerprint density at radius 2 is 1.71 bits per heavy atom. The summed E-state index contributed by atoms with van der Waals surface area (Å²) in [4.78, 5) is 37.3. The highest BCUT2D eigenvalue weighted by atomic mass is 32.1. The summed E-state index contributed by atoms with van der Waals surface area (Å²) in [5.74, 6) is -1.70. The number of amides is 2. The molecular formula is C25H23N3O5S. The van der Waals surface area contributed by atoms with Gasteiger partial charge in [-0.2, -0.15) is 4.37 Å². The predicted molar refractivity (Wildman–Crippen MR) is 127 cm³/mol. The highest BCUT2D eigenvalue weighted by molar-refractivity contribution is 7.11. The molecule has 5 rings (SSSR count). The van der Waals surface area contributed by atoms with Gasteiger partial charge < -0.3 is 20.5 Å². The fraction of sp³-hybridized carbons (Fsp3) is 0.280. The molecule has 3 aromatic rings. The normalized spacial score (nSPS) is 15.6. The van der Waals surface area contributed by atoms with Crippen molar-refractivity contribution >= 4 is 34.5 Å². The Kier molecular flexibility index (Phi) is 5.57. The molecule has 0 spiro atoms. The Morgan fingerprint density at radius 3 is 2.26 bits per heavy atom. The summed E-state index contributed by atoms with van der Waals surface area (Å²) < 4.78 is 9.63. The number of aryl methyl sites for hydroxylation is 1. The van der Waals surface area contributed by atoms with Crippen molar-refractivity contribution in [3.05, 3.63) is 70.9 Å². The number of carbonyl (C=O) groups is 3. The first kappa shape index (κ1) is 22.1. The van der Waals surface area contributed by atoms with Crippen molar-refractivity contribution in [1.82, 2.24) is 9.69 Å². The van der Waals surface area contributed by atoms with Gasteiger partial charge in [0.2, 0.25) is 0 Å². The zero-order valence-electron chi connectivity index (χ0n) is 18.5. The summed E-state index contributed by atoms with van der Waals surface area (Å²) in [6.07, 6.45) is 0.993. The van der Waals surface area contributed by atoms with Crippen LogP contribution < -0.4 is 10.6 Å². The second kappa shape index (κ2) is 8.57. The van der Waals surface area contributed by atoms with E-state index in [1.54, 1.807) is 6.92 Å². The number of fused-ring (bicyclic) bond motifs is 3. The van der Waals surface area contributed by atoms with Crippen LogP contribution in [0, 0.1) is 6.92 Å². The minimum atomic E-state index is -1.16. The Bertz CT molecular complexity index is 1250. The van der Waals surface area contributed by atoms with Crippen LogP contribution in [-0.2, 0) is 9.53 Å². The Morgan fingerprint density at radius 1 is 1.09 bits per heavy atom. The van der Waals surface area contributed by atoms with Gasteiger partial charge in [0.05, 0.1) is 5.69 Å². The van der Waals surface area contributed by atoms with Crippen LogP contribution in [-0.4, -0.2) is 39.6 Å². The lowest BCUT2D eigenvalue weighted by Crippen LogP contribution is -2.61. The predicted octanol–water partition coefficient (Wildman–Crippen LogP) is 4.55. The third-order valence-corrected chi connectivity index (χ3v) is 7.48. The lowest BCUT2D eigenvalue weighted by molar-refractivity contribution is -0.125. The molecule has 0 saturated heterocycles. The van der Waals surface area contributed by atoms with Crippen molar-refractivity contribution in [2.45, 2.75) is 37.6 Å². The van der Waals surface area contributed by atoms with Crippen LogP contribution >= 0.6 is 11.5 Å². The number of benzene rings is 2. The van der Waals surface area contributed by atoms with E-state index in [1.807, 2.05) is 36.4 Å². The van der Waals surface area contributed by atoms with E-state index < -0.39 is 23.5 Å². The van der Waals surface area contributed by atoms with Crippen LogP contribution in [0.25, 0.3) is 11.1 Å². The number of hydrogen-bond donors (Lipinski definition) is 3. The van der Waals surface area contributed by atoms with E-state index in [0.717, 1.165) is 40.2 Å². The SMILES string of the molecule is Cc1nsc(NC(=O)C2(NC(=O)OCC3c4ccccc4-c4ccccc43)CCC2)c1C(=O)O. The molecule has 8 nitrogen and oxygen atoms in total. The van der Waals surface area contributed by atoms with Crippen LogP contribution in [0.2, 0.25) is 0 Å². The maximum absolute atomic E-state index is 13.0. The van der Waals surface area contributed by atoms with E-state index in [0.29, 0.717) is 18.5 Å². The van der Waals surface area contributed by atoms with E-state index in [9.17, 15) is 19.5 Å². The topological polar surface area (TPSA) is 118 Å². The molecule has 2 aliphatic rings. The van der Waals surface area contributed by atoms with Crippen LogP contribution in [0.15, 0.2) is 48.5 Å². The summed E-state index contributed by atoms with van der Waals surface area (Å²) in [5.41, 5.74) is 3.65. The number of hydrogen-bond acceptors (Lipinski definition) is 6. The fourth-order valence-electron chi connectivity index (χ4n) is 4.70. The summed E-state index contributed by atoms with van der Waals surface area (Å²) >= 11 is 0.910. The number of anilines is 1. The lowest BCUT2D eigenvalue weighted by atomic mass is 9.76. The summed E-state index contributed by atoms with van der Waals surface area (Å²) in [6.45, 7) is 1.72. The maximum atomic E-state index is 13.0. The van der Waals surface area contributed by atoms with Gasteiger partial charge in [-0.3, -0.25) is 4.79 Å². The Labute approximate surface area is 200 Å². The third kappa shape index (κ3) is 3.71. The molecule has 0 radical (unpaired) electrons. The number of alkyl carbamates (subject to hydrolysis) is 1. The molecule has 0 bridgehead atoms. The minimum absolute atomic E-state index is 0.0334. The highest BCUT2D eigenvalue weighted by Crippen LogP contribution is 2.44.